The third-order valence-electron chi connectivity index (χ3n) is 0.327. The monoisotopic (exact) mass is 274 g/mol. The molecule has 0 N–H and O–H groups in total. The van der Waals surface area contributed by atoms with E-state index in [2.05, 4.69) is 0 Å². The van der Waals surface area contributed by atoms with Crippen LogP contribution in [0.25, 0.3) is 0 Å². The first-order valence-corrected chi connectivity index (χ1v) is 4.66. The summed E-state index contributed by atoms with van der Waals surface area (Å²) in [5.41, 5.74) is 0. The van der Waals surface area contributed by atoms with Crippen LogP contribution in [0.2, 0.25) is 0 Å². The molecule has 0 amide bonds. The Morgan fingerprint density at radius 3 is 1.88 bits per heavy atom. The van der Waals surface area contributed by atoms with E-state index in [0.717, 1.165) is 0 Å². The number of rotatable bonds is 2. The molecule has 0 unspecified atom stereocenters. The molecule has 0 saturated carbocycles. The topological polar surface area (TPSA) is 57.2 Å². The molecule has 0 aromatic rings. The largest absolute Gasteiger partial charge is 1.00 e. The zero-order valence-corrected chi connectivity index (χ0v) is 10.5. The Kier molecular flexibility index (Phi) is 9.71. The molecule has 0 atom stereocenters. The van der Waals surface area contributed by atoms with Crippen LogP contribution >= 0.6 is 22.6 Å². The average Bonchev–Trinajstić information content (AvgIpc) is 1.30. The number of hydrogen-bond acceptors (Lipinski definition) is 3. The van der Waals surface area contributed by atoms with Gasteiger partial charge in [-0.2, -0.15) is 0 Å². The molecule has 0 aromatic carbocycles. The van der Waals surface area contributed by atoms with E-state index in [0.29, 0.717) is 4.43 Å². The van der Waals surface area contributed by atoms with E-state index in [9.17, 15) is 13.0 Å². The van der Waals surface area contributed by atoms with Gasteiger partial charge in [0.25, 0.3) is 0 Å². The van der Waals surface area contributed by atoms with Crippen LogP contribution in [-0.4, -0.2) is 23.2 Å². The molecule has 0 fully saturated rings. The van der Waals surface area contributed by atoms with Gasteiger partial charge in [0.05, 0.1) is 10.1 Å². The summed E-state index contributed by atoms with van der Waals surface area (Å²) in [7, 11) is -3.93. The van der Waals surface area contributed by atoms with Crippen molar-refractivity contribution in [3.05, 3.63) is 0 Å². The molecular formula is C2H4IKO3S. The minimum atomic E-state index is -3.93. The molecule has 0 bridgehead atoms. The first-order valence-electron chi connectivity index (χ1n) is 1.56. The second-order valence-corrected chi connectivity index (χ2v) is 3.55. The number of hydrogen-bond donors (Lipinski definition) is 0. The van der Waals surface area contributed by atoms with Gasteiger partial charge in [0.15, 0.2) is 0 Å². The van der Waals surface area contributed by atoms with E-state index >= 15 is 0 Å². The van der Waals surface area contributed by atoms with Gasteiger partial charge in [-0.1, -0.05) is 22.6 Å². The van der Waals surface area contributed by atoms with Gasteiger partial charge >= 0.3 is 51.4 Å². The molecule has 0 saturated heterocycles. The molecule has 0 radical (unpaired) electrons. The number of halogens is 1. The van der Waals surface area contributed by atoms with Gasteiger partial charge in [0.1, 0.15) is 0 Å². The molecule has 0 rings (SSSR count). The Hall–Kier alpha value is 2.28. The van der Waals surface area contributed by atoms with Crippen LogP contribution in [0.5, 0.6) is 0 Å². The first kappa shape index (κ1) is 12.9. The van der Waals surface area contributed by atoms with Crippen molar-refractivity contribution in [2.24, 2.45) is 0 Å². The van der Waals surface area contributed by atoms with Crippen molar-refractivity contribution >= 4 is 32.7 Å². The van der Waals surface area contributed by atoms with Gasteiger partial charge in [-0.25, -0.2) is 8.42 Å². The summed E-state index contributed by atoms with van der Waals surface area (Å²) in [4.78, 5) is 0. The minimum Gasteiger partial charge on any atom is -0.748 e. The number of alkyl halides is 1. The molecule has 0 aromatic heterocycles. The molecule has 0 aliphatic carbocycles. The van der Waals surface area contributed by atoms with Gasteiger partial charge in [0.2, 0.25) is 0 Å². The van der Waals surface area contributed by atoms with Crippen LogP contribution in [0.4, 0.5) is 0 Å². The maximum absolute atomic E-state index is 9.67. The van der Waals surface area contributed by atoms with Crippen molar-refractivity contribution in [1.29, 1.82) is 0 Å². The first-order chi connectivity index (χ1) is 3.06. The normalized spacial score (nSPS) is 10.2. The molecule has 0 aliphatic heterocycles. The maximum atomic E-state index is 9.67. The average molecular weight is 274 g/mol. The second kappa shape index (κ2) is 6.02. The van der Waals surface area contributed by atoms with E-state index in [4.69, 9.17) is 0 Å². The van der Waals surface area contributed by atoms with Crippen molar-refractivity contribution in [1.82, 2.24) is 0 Å². The van der Waals surface area contributed by atoms with Gasteiger partial charge in [-0.05, 0) is 0 Å². The molecule has 6 heteroatoms. The van der Waals surface area contributed by atoms with Crippen molar-refractivity contribution in [2.75, 3.05) is 10.2 Å². The van der Waals surface area contributed by atoms with Crippen molar-refractivity contribution < 1.29 is 64.4 Å². The fraction of sp³-hybridized carbons (Fsp3) is 1.00. The van der Waals surface area contributed by atoms with Crippen molar-refractivity contribution in [3.8, 4) is 0 Å². The fourth-order valence-corrected chi connectivity index (χ4v) is 1.90. The van der Waals surface area contributed by atoms with Crippen LogP contribution in [0, 0.1) is 0 Å². The molecule has 8 heavy (non-hydrogen) atoms. The Bertz CT molecular complexity index is 130. The second-order valence-electron chi connectivity index (χ2n) is 0.951. The van der Waals surface area contributed by atoms with Gasteiger partial charge in [0, 0.05) is 10.2 Å². The SMILES string of the molecule is O=S(=O)([O-])CCI.[K+]. The Labute approximate surface area is 105 Å². The van der Waals surface area contributed by atoms with Gasteiger partial charge < -0.3 is 4.55 Å². The van der Waals surface area contributed by atoms with Crippen LogP contribution in [0.3, 0.4) is 0 Å². The van der Waals surface area contributed by atoms with E-state index < -0.39 is 10.1 Å². The molecule has 0 aliphatic rings. The third kappa shape index (κ3) is 11.1. The Balaban J connectivity index is 0. The van der Waals surface area contributed by atoms with E-state index in [1.807, 2.05) is 22.6 Å². The summed E-state index contributed by atoms with van der Waals surface area (Å²) in [6.45, 7) is 0. The molecule has 0 spiro atoms. The summed E-state index contributed by atoms with van der Waals surface area (Å²) < 4.78 is 29.4. The van der Waals surface area contributed by atoms with Crippen molar-refractivity contribution in [2.45, 2.75) is 0 Å². The predicted octanol–water partition coefficient (Wildman–Crippen LogP) is -3.03. The van der Waals surface area contributed by atoms with Crippen LogP contribution in [0.1, 0.15) is 0 Å². The van der Waals surface area contributed by atoms with Crippen LogP contribution in [0.15, 0.2) is 0 Å². The molecule has 3 nitrogen and oxygen atoms in total. The summed E-state index contributed by atoms with van der Waals surface area (Å²) in [5, 5.41) is 0. The standard InChI is InChI=1S/C2H5IO3S.K/c3-1-2-7(4,5)6;/h1-2H2,(H,4,5,6);/q;+1/p-1. The van der Waals surface area contributed by atoms with E-state index in [-0.39, 0.29) is 57.1 Å². The van der Waals surface area contributed by atoms with Crippen LogP contribution in [-0.2, 0) is 10.1 Å². The van der Waals surface area contributed by atoms with Gasteiger partial charge in [-0.15, -0.1) is 0 Å². The van der Waals surface area contributed by atoms with Gasteiger partial charge in [-0.3, -0.25) is 0 Å². The smallest absolute Gasteiger partial charge is 0.748 e. The summed E-state index contributed by atoms with van der Waals surface area (Å²) in [6, 6.07) is 0. The van der Waals surface area contributed by atoms with E-state index in [1.54, 1.807) is 0 Å². The predicted molar refractivity (Wildman–Crippen MR) is 33.5 cm³/mol. The quantitative estimate of drug-likeness (QED) is 0.233. The maximum Gasteiger partial charge on any atom is 1.00 e. The van der Waals surface area contributed by atoms with Crippen LogP contribution < -0.4 is 51.4 Å². The third-order valence-corrected chi connectivity index (χ3v) is 2.30. The summed E-state index contributed by atoms with van der Waals surface area (Å²) >= 11 is 1.83. The zero-order valence-electron chi connectivity index (χ0n) is 4.43. The molecular weight excluding hydrogens is 270 g/mol. The molecule has 0 heterocycles. The summed E-state index contributed by atoms with van der Waals surface area (Å²) in [5.74, 6) is -0.256. The van der Waals surface area contributed by atoms with Crippen molar-refractivity contribution in [3.63, 3.8) is 0 Å². The Morgan fingerprint density at radius 1 is 1.50 bits per heavy atom. The Morgan fingerprint density at radius 2 is 1.88 bits per heavy atom. The summed E-state index contributed by atoms with van der Waals surface area (Å²) in [6.07, 6.45) is 0. The zero-order chi connectivity index (χ0) is 5.91. The van der Waals surface area contributed by atoms with E-state index in [1.165, 1.54) is 0 Å². The molecule has 44 valence electrons. The minimum absolute atomic E-state index is 0. The fourth-order valence-electron chi connectivity index (χ4n) is 0.0945.